The highest BCUT2D eigenvalue weighted by atomic mass is 16.6. The van der Waals surface area contributed by atoms with Gasteiger partial charge in [0, 0.05) is 37.3 Å². The Hall–Kier alpha value is -6.69. The van der Waals surface area contributed by atoms with Gasteiger partial charge in [0.1, 0.15) is 24.7 Å². The number of hydrogen-bond donors (Lipinski definition) is 5. The molecule has 4 rings (SSSR count). The molecule has 1 saturated heterocycles. The van der Waals surface area contributed by atoms with E-state index in [4.69, 9.17) is 15.9 Å². The Labute approximate surface area is 338 Å². The standard InChI is InChI=1S/C43H51N7O8/c1-4-29(2)39(47-43(55)58-28-32-15-6-5-7-16-32)42(54)49-26-12-18-36(49)40(52)46-34(17-10-11-19-38(44)45)41(53)48(3)33-23-20-30(21-24-33)13-8-9-14-31-22-25-35(50(56)57)37(51)27-31/h5-7,9,14-16,20-25,27,29,34,36,39,51H,4,10-12,17-19,26,28H2,1-3H3,(H3,44,45)(H,46,52)(H,47,55)/b14-9+/t29-,34-,36+,39-/m1/s1. The number of likely N-dealkylation sites (tertiary alicyclic amines) is 1. The van der Waals surface area contributed by atoms with Crippen molar-refractivity contribution >= 4 is 47.1 Å². The number of hydrogen-bond acceptors (Lipinski definition) is 9. The lowest BCUT2D eigenvalue weighted by atomic mass is 9.97. The number of anilines is 1. The Bertz CT molecular complexity index is 2030. The first-order valence-electron chi connectivity index (χ1n) is 19.2. The minimum Gasteiger partial charge on any atom is -0.502 e. The van der Waals surface area contributed by atoms with Crippen LogP contribution in [0.2, 0.25) is 0 Å². The van der Waals surface area contributed by atoms with Crippen molar-refractivity contribution in [2.45, 2.75) is 83.5 Å². The van der Waals surface area contributed by atoms with Crippen LogP contribution in [0.5, 0.6) is 5.75 Å². The highest BCUT2D eigenvalue weighted by molar-refractivity contribution is 6.00. The smallest absolute Gasteiger partial charge is 0.408 e. The number of ether oxygens (including phenoxy) is 1. The van der Waals surface area contributed by atoms with Crippen molar-refractivity contribution in [3.63, 3.8) is 0 Å². The maximum Gasteiger partial charge on any atom is 0.408 e. The molecular weight excluding hydrogens is 743 g/mol. The first-order chi connectivity index (χ1) is 27.8. The van der Waals surface area contributed by atoms with E-state index in [1.54, 1.807) is 43.5 Å². The summed E-state index contributed by atoms with van der Waals surface area (Å²) in [6, 6.07) is 17.4. The predicted octanol–water partition coefficient (Wildman–Crippen LogP) is 5.64. The number of unbranched alkanes of at least 4 members (excludes halogenated alkanes) is 1. The fourth-order valence-electron chi connectivity index (χ4n) is 6.44. The predicted molar refractivity (Wildman–Crippen MR) is 221 cm³/mol. The van der Waals surface area contributed by atoms with Crippen LogP contribution in [-0.4, -0.2) is 76.3 Å². The summed E-state index contributed by atoms with van der Waals surface area (Å²) in [6.07, 6.45) is 5.63. The van der Waals surface area contributed by atoms with E-state index < -0.39 is 46.7 Å². The molecule has 0 spiro atoms. The lowest BCUT2D eigenvalue weighted by Crippen LogP contribution is -2.57. The highest BCUT2D eigenvalue weighted by Gasteiger charge is 2.40. The third-order valence-corrected chi connectivity index (χ3v) is 9.96. The van der Waals surface area contributed by atoms with Gasteiger partial charge in [0.25, 0.3) is 0 Å². The first kappa shape index (κ1) is 44.0. The normalized spacial score (nSPS) is 15.0. The molecule has 0 bridgehead atoms. The van der Waals surface area contributed by atoms with Crippen LogP contribution in [0.3, 0.4) is 0 Å². The minimum absolute atomic E-state index is 0.0295. The van der Waals surface area contributed by atoms with Crippen LogP contribution in [0, 0.1) is 33.3 Å². The number of nitrogens with zero attached hydrogens (tertiary/aromatic N) is 3. The molecule has 0 aliphatic carbocycles. The van der Waals surface area contributed by atoms with Gasteiger partial charge in [0.15, 0.2) is 5.75 Å². The number of nitro groups is 1. The van der Waals surface area contributed by atoms with E-state index in [2.05, 4.69) is 22.5 Å². The van der Waals surface area contributed by atoms with E-state index in [0.717, 1.165) is 5.56 Å². The van der Waals surface area contributed by atoms with E-state index in [-0.39, 0.29) is 36.4 Å². The van der Waals surface area contributed by atoms with Gasteiger partial charge in [0.05, 0.1) is 10.8 Å². The molecule has 3 aromatic carbocycles. The zero-order valence-electron chi connectivity index (χ0n) is 33.0. The summed E-state index contributed by atoms with van der Waals surface area (Å²) in [4.78, 5) is 67.9. The number of phenols is 1. The maximum atomic E-state index is 14.0. The summed E-state index contributed by atoms with van der Waals surface area (Å²) in [5.74, 6) is 3.95. The third kappa shape index (κ3) is 12.7. The average molecular weight is 794 g/mol. The molecule has 3 aromatic rings. The van der Waals surface area contributed by atoms with Crippen LogP contribution in [0.25, 0.3) is 6.08 Å². The van der Waals surface area contributed by atoms with Crippen LogP contribution < -0.4 is 21.3 Å². The number of allylic oxidation sites excluding steroid dienone is 1. The molecule has 4 amide bonds. The molecule has 58 heavy (non-hydrogen) atoms. The van der Waals surface area contributed by atoms with Gasteiger partial charge in [-0.1, -0.05) is 68.9 Å². The van der Waals surface area contributed by atoms with Crippen molar-refractivity contribution < 1.29 is 33.9 Å². The van der Waals surface area contributed by atoms with Crippen molar-refractivity contribution in [1.29, 1.82) is 5.41 Å². The summed E-state index contributed by atoms with van der Waals surface area (Å²) >= 11 is 0. The number of nitrogens with two attached hydrogens (primary N) is 1. The number of nitrogens with one attached hydrogen (secondary N) is 3. The summed E-state index contributed by atoms with van der Waals surface area (Å²) < 4.78 is 5.40. The molecule has 0 saturated carbocycles. The molecule has 6 N–H and O–H groups in total. The van der Waals surface area contributed by atoms with Gasteiger partial charge < -0.3 is 36.0 Å². The summed E-state index contributed by atoms with van der Waals surface area (Å²) in [5, 5.41) is 34.0. The van der Waals surface area contributed by atoms with Crippen LogP contribution in [0.4, 0.5) is 16.2 Å². The average Bonchev–Trinajstić information content (AvgIpc) is 3.72. The Morgan fingerprint density at radius 3 is 2.48 bits per heavy atom. The van der Waals surface area contributed by atoms with Crippen molar-refractivity contribution in [2.75, 3.05) is 18.5 Å². The molecule has 1 aliphatic heterocycles. The number of likely N-dealkylation sites (N-methyl/N-ethyl adjacent to an activating group) is 1. The fraction of sp³-hybridized carbons (Fsp3) is 0.372. The van der Waals surface area contributed by atoms with Gasteiger partial charge in [-0.25, -0.2) is 4.79 Å². The molecular formula is C43H51N7O8. The Morgan fingerprint density at radius 1 is 1.10 bits per heavy atom. The van der Waals surface area contributed by atoms with Crippen molar-refractivity contribution in [3.8, 4) is 17.6 Å². The lowest BCUT2D eigenvalue weighted by Gasteiger charge is -2.32. The number of carbonyl (C=O) groups is 4. The van der Waals surface area contributed by atoms with Gasteiger partial charge in [0.2, 0.25) is 17.7 Å². The van der Waals surface area contributed by atoms with Crippen LogP contribution in [-0.2, 0) is 25.7 Å². The SMILES string of the molecule is CC[C@@H](C)[C@@H](NC(=O)OCc1ccccc1)C(=O)N1CCC[C@H]1C(=O)N[C@H](CCCCC(=N)N)C(=O)N(C)c1ccc(C#C/C=C/c2ccc([N+](=O)[O-])c(O)c2)cc1. The van der Waals surface area contributed by atoms with E-state index >= 15 is 0 Å². The quantitative estimate of drug-likeness (QED) is 0.0285. The zero-order valence-corrected chi connectivity index (χ0v) is 33.0. The topological polar surface area (TPSA) is 221 Å². The molecule has 1 fully saturated rings. The Morgan fingerprint density at radius 2 is 1.83 bits per heavy atom. The highest BCUT2D eigenvalue weighted by Crippen LogP contribution is 2.27. The molecule has 0 aromatic heterocycles. The Kier molecular flexibility index (Phi) is 16.4. The van der Waals surface area contributed by atoms with Gasteiger partial charge >= 0.3 is 11.8 Å². The summed E-state index contributed by atoms with van der Waals surface area (Å²) in [6.45, 7) is 4.11. The van der Waals surface area contributed by atoms with Gasteiger partial charge in [-0.2, -0.15) is 0 Å². The summed E-state index contributed by atoms with van der Waals surface area (Å²) in [5.41, 5.74) is 7.70. The second kappa shape index (κ2) is 21.6. The summed E-state index contributed by atoms with van der Waals surface area (Å²) in [7, 11) is 1.60. The molecule has 1 heterocycles. The number of phenolic OH excluding ortho intramolecular Hbond substituents is 1. The largest absolute Gasteiger partial charge is 0.502 e. The van der Waals surface area contributed by atoms with Gasteiger partial charge in [-0.15, -0.1) is 0 Å². The number of amidine groups is 1. The third-order valence-electron chi connectivity index (χ3n) is 9.96. The fourth-order valence-corrected chi connectivity index (χ4v) is 6.44. The molecule has 15 nitrogen and oxygen atoms in total. The number of nitro benzene ring substituents is 1. The zero-order chi connectivity index (χ0) is 42.2. The van der Waals surface area contributed by atoms with E-state index in [1.165, 1.54) is 28.0 Å². The van der Waals surface area contributed by atoms with Crippen molar-refractivity contribution in [1.82, 2.24) is 15.5 Å². The second-order valence-electron chi connectivity index (χ2n) is 14.1. The van der Waals surface area contributed by atoms with E-state index in [0.29, 0.717) is 61.9 Å². The van der Waals surface area contributed by atoms with E-state index in [9.17, 15) is 34.4 Å². The van der Waals surface area contributed by atoms with E-state index in [1.807, 2.05) is 44.2 Å². The van der Waals surface area contributed by atoms with Gasteiger partial charge in [-0.05, 0) is 91.3 Å². The van der Waals surface area contributed by atoms with Gasteiger partial charge in [-0.3, -0.25) is 29.9 Å². The molecule has 1 aliphatic rings. The van der Waals surface area contributed by atoms with Crippen LogP contribution in [0.1, 0.15) is 75.5 Å². The second-order valence-corrected chi connectivity index (χ2v) is 14.1. The molecule has 4 atom stereocenters. The first-order valence-corrected chi connectivity index (χ1v) is 19.2. The minimum atomic E-state index is -0.943. The number of amides is 4. The maximum absolute atomic E-state index is 14.0. The molecule has 306 valence electrons. The number of benzene rings is 3. The molecule has 0 radical (unpaired) electrons. The Balaban J connectivity index is 1.43. The number of carbonyl (C=O) groups excluding carboxylic acids is 4. The lowest BCUT2D eigenvalue weighted by molar-refractivity contribution is -0.385. The van der Waals surface area contributed by atoms with Crippen molar-refractivity contribution in [2.24, 2.45) is 11.7 Å². The van der Waals surface area contributed by atoms with Crippen LogP contribution >= 0.6 is 0 Å². The monoisotopic (exact) mass is 793 g/mol. The van der Waals surface area contributed by atoms with Crippen molar-refractivity contribution in [3.05, 3.63) is 106 Å². The molecule has 15 heteroatoms. The number of alkyl carbamates (subject to hydrolysis) is 1. The molecule has 0 unspecified atom stereocenters. The number of aromatic hydroxyl groups is 1. The van der Waals surface area contributed by atoms with Crippen LogP contribution in [0.15, 0.2) is 78.9 Å². The number of rotatable bonds is 17.